The molecular weight excluding hydrogens is 316 g/mol. The Bertz CT molecular complexity index is 663. The molecule has 2 N–H and O–H groups in total. The summed E-state index contributed by atoms with van der Waals surface area (Å²) in [5.74, 6) is 0.488. The van der Waals surface area contributed by atoms with E-state index in [2.05, 4.69) is 20.2 Å². The lowest BCUT2D eigenvalue weighted by atomic mass is 10.1. The topological polar surface area (TPSA) is 67.7 Å². The number of nitrogens with one attached hydrogen (secondary N) is 2. The van der Waals surface area contributed by atoms with Crippen LogP contribution in [0, 0.1) is 0 Å². The van der Waals surface area contributed by atoms with Crippen LogP contribution >= 0.6 is 0 Å². The van der Waals surface area contributed by atoms with E-state index in [1.807, 2.05) is 43.6 Å². The third kappa shape index (κ3) is 6.33. The first kappa shape index (κ1) is 18.6. The van der Waals surface area contributed by atoms with Crippen molar-refractivity contribution in [3.63, 3.8) is 0 Å². The molecule has 0 aliphatic heterocycles. The van der Waals surface area contributed by atoms with Gasteiger partial charge in [0.25, 0.3) is 0 Å². The summed E-state index contributed by atoms with van der Waals surface area (Å²) in [7, 11) is 0. The van der Waals surface area contributed by atoms with Crippen LogP contribution in [0.4, 0.5) is 0 Å². The molecule has 6 heteroatoms. The van der Waals surface area contributed by atoms with Crippen molar-refractivity contribution in [3.05, 3.63) is 59.9 Å². The minimum atomic E-state index is -0.294. The number of aromatic nitrogens is 1. The monoisotopic (exact) mass is 342 g/mol. The van der Waals surface area contributed by atoms with Gasteiger partial charge in [-0.3, -0.25) is 0 Å². The highest BCUT2D eigenvalue weighted by atomic mass is 16.5. The quantitative estimate of drug-likeness (QED) is 0.439. The normalized spacial score (nSPS) is 11.2. The van der Waals surface area contributed by atoms with Crippen LogP contribution in [0.3, 0.4) is 0 Å². The van der Waals surface area contributed by atoms with Gasteiger partial charge in [-0.25, -0.2) is 9.79 Å². The average Bonchev–Trinajstić information content (AvgIpc) is 3.14. The Labute approximate surface area is 148 Å². The molecule has 0 saturated heterocycles. The van der Waals surface area contributed by atoms with Gasteiger partial charge in [0.2, 0.25) is 0 Å². The summed E-state index contributed by atoms with van der Waals surface area (Å²) in [5.41, 5.74) is 1.60. The molecule has 1 aromatic heterocycles. The van der Waals surface area contributed by atoms with Crippen molar-refractivity contribution < 1.29 is 9.53 Å². The van der Waals surface area contributed by atoms with Crippen molar-refractivity contribution in [1.29, 1.82) is 0 Å². The van der Waals surface area contributed by atoms with Crippen molar-refractivity contribution >= 4 is 11.9 Å². The smallest absolute Gasteiger partial charge is 0.338 e. The summed E-state index contributed by atoms with van der Waals surface area (Å²) in [5, 5.41) is 6.55. The van der Waals surface area contributed by atoms with Crippen LogP contribution in [-0.4, -0.2) is 36.2 Å². The van der Waals surface area contributed by atoms with E-state index in [1.54, 1.807) is 19.1 Å². The molecule has 2 rings (SSSR count). The molecule has 0 bridgehead atoms. The standard InChI is InChI=1S/C19H26N4O2/c1-3-20-19(21-11-14-23-12-5-6-13-23)22-15-16-7-9-17(10-8-16)18(24)25-4-2/h5-10,12-13H,3-4,11,14-15H2,1-2H3,(H2,20,21,22). The molecule has 0 radical (unpaired) electrons. The molecular formula is C19H26N4O2. The van der Waals surface area contributed by atoms with Gasteiger partial charge in [0.1, 0.15) is 0 Å². The van der Waals surface area contributed by atoms with Crippen LogP contribution in [-0.2, 0) is 17.8 Å². The summed E-state index contributed by atoms with van der Waals surface area (Å²) in [6.45, 7) is 7.24. The molecule has 0 amide bonds. The van der Waals surface area contributed by atoms with E-state index in [-0.39, 0.29) is 5.97 Å². The zero-order valence-electron chi connectivity index (χ0n) is 14.9. The van der Waals surface area contributed by atoms with Crippen LogP contribution in [0.15, 0.2) is 53.8 Å². The van der Waals surface area contributed by atoms with E-state index in [4.69, 9.17) is 4.74 Å². The number of hydrogen-bond donors (Lipinski definition) is 2. The molecule has 0 saturated carbocycles. The van der Waals surface area contributed by atoms with Gasteiger partial charge < -0.3 is 19.9 Å². The molecule has 6 nitrogen and oxygen atoms in total. The van der Waals surface area contributed by atoms with Crippen molar-refractivity contribution in [3.8, 4) is 0 Å². The first-order chi connectivity index (χ1) is 12.2. The van der Waals surface area contributed by atoms with Gasteiger partial charge in [-0.15, -0.1) is 0 Å². The van der Waals surface area contributed by atoms with Crippen molar-refractivity contribution in [1.82, 2.24) is 15.2 Å². The summed E-state index contributed by atoms with van der Waals surface area (Å²) >= 11 is 0. The minimum Gasteiger partial charge on any atom is -0.462 e. The van der Waals surface area contributed by atoms with E-state index in [1.165, 1.54) is 0 Å². The number of nitrogens with zero attached hydrogens (tertiary/aromatic N) is 2. The highest BCUT2D eigenvalue weighted by molar-refractivity contribution is 5.89. The Hall–Kier alpha value is -2.76. The molecule has 0 aliphatic rings. The Morgan fingerprint density at radius 2 is 1.84 bits per heavy atom. The summed E-state index contributed by atoms with van der Waals surface area (Å²) in [4.78, 5) is 16.2. The van der Waals surface area contributed by atoms with Gasteiger partial charge in [-0.1, -0.05) is 12.1 Å². The SMILES string of the molecule is CCNC(=NCc1ccc(C(=O)OCC)cc1)NCCn1cccc1. The molecule has 25 heavy (non-hydrogen) atoms. The highest BCUT2D eigenvalue weighted by Gasteiger charge is 2.05. The molecule has 0 spiro atoms. The average molecular weight is 342 g/mol. The molecule has 0 fully saturated rings. The molecule has 0 aliphatic carbocycles. The number of rotatable bonds is 8. The molecule has 134 valence electrons. The van der Waals surface area contributed by atoms with Crippen LogP contribution in [0.5, 0.6) is 0 Å². The molecule has 1 aromatic carbocycles. The fourth-order valence-electron chi connectivity index (χ4n) is 2.30. The lowest BCUT2D eigenvalue weighted by molar-refractivity contribution is 0.0526. The van der Waals surface area contributed by atoms with Crippen molar-refractivity contribution in [2.24, 2.45) is 4.99 Å². The Morgan fingerprint density at radius 1 is 1.12 bits per heavy atom. The van der Waals surface area contributed by atoms with Gasteiger partial charge in [-0.2, -0.15) is 0 Å². The van der Waals surface area contributed by atoms with Gasteiger partial charge in [0.15, 0.2) is 5.96 Å². The Balaban J connectivity index is 1.87. The van der Waals surface area contributed by atoms with E-state index in [0.29, 0.717) is 18.7 Å². The second kappa shape index (κ2) is 10.2. The summed E-state index contributed by atoms with van der Waals surface area (Å²) in [6.07, 6.45) is 4.08. The number of guanidine groups is 1. The summed E-state index contributed by atoms with van der Waals surface area (Å²) in [6, 6.07) is 11.4. The van der Waals surface area contributed by atoms with Gasteiger partial charge in [0, 0.05) is 32.0 Å². The third-order valence-corrected chi connectivity index (χ3v) is 3.56. The van der Waals surface area contributed by atoms with Crippen molar-refractivity contribution in [2.75, 3.05) is 19.7 Å². The second-order valence-electron chi connectivity index (χ2n) is 5.46. The van der Waals surface area contributed by atoms with Crippen LogP contribution in [0.25, 0.3) is 0 Å². The second-order valence-corrected chi connectivity index (χ2v) is 5.46. The third-order valence-electron chi connectivity index (χ3n) is 3.56. The maximum absolute atomic E-state index is 11.7. The van der Waals surface area contributed by atoms with E-state index in [0.717, 1.165) is 31.2 Å². The number of carbonyl (C=O) groups is 1. The Morgan fingerprint density at radius 3 is 2.48 bits per heavy atom. The molecule has 0 unspecified atom stereocenters. The van der Waals surface area contributed by atoms with Gasteiger partial charge in [-0.05, 0) is 43.7 Å². The number of benzene rings is 1. The fourth-order valence-corrected chi connectivity index (χ4v) is 2.30. The number of hydrogen-bond acceptors (Lipinski definition) is 3. The zero-order chi connectivity index (χ0) is 17.9. The zero-order valence-corrected chi connectivity index (χ0v) is 14.9. The maximum atomic E-state index is 11.7. The van der Waals surface area contributed by atoms with Crippen LogP contribution in [0.1, 0.15) is 29.8 Å². The number of aliphatic imine (C=N–C) groups is 1. The van der Waals surface area contributed by atoms with E-state index >= 15 is 0 Å². The lowest BCUT2D eigenvalue weighted by Gasteiger charge is -2.12. The van der Waals surface area contributed by atoms with E-state index < -0.39 is 0 Å². The predicted molar refractivity (Wildman–Crippen MR) is 99.6 cm³/mol. The maximum Gasteiger partial charge on any atom is 0.338 e. The number of ether oxygens (including phenoxy) is 1. The highest BCUT2D eigenvalue weighted by Crippen LogP contribution is 2.07. The van der Waals surface area contributed by atoms with E-state index in [9.17, 15) is 4.79 Å². The lowest BCUT2D eigenvalue weighted by Crippen LogP contribution is -2.38. The first-order valence-electron chi connectivity index (χ1n) is 8.62. The number of esters is 1. The largest absolute Gasteiger partial charge is 0.462 e. The number of carbonyl (C=O) groups excluding carboxylic acids is 1. The van der Waals surface area contributed by atoms with Crippen LogP contribution < -0.4 is 10.6 Å². The van der Waals surface area contributed by atoms with Gasteiger partial charge in [0.05, 0.1) is 18.7 Å². The minimum absolute atomic E-state index is 0.294. The molecule has 2 aromatic rings. The van der Waals surface area contributed by atoms with Gasteiger partial charge >= 0.3 is 5.97 Å². The van der Waals surface area contributed by atoms with Crippen LogP contribution in [0.2, 0.25) is 0 Å². The predicted octanol–water partition coefficient (Wildman–Crippen LogP) is 2.42. The van der Waals surface area contributed by atoms with Crippen molar-refractivity contribution in [2.45, 2.75) is 26.9 Å². The Kier molecular flexibility index (Phi) is 7.56. The molecule has 0 atom stereocenters. The fraction of sp³-hybridized carbons (Fsp3) is 0.368. The first-order valence-corrected chi connectivity index (χ1v) is 8.62. The molecule has 1 heterocycles. The summed E-state index contributed by atoms with van der Waals surface area (Å²) < 4.78 is 7.10.